The predicted octanol–water partition coefficient (Wildman–Crippen LogP) is 4.36. The number of aliphatic hydroxyl groups is 1. The van der Waals surface area contributed by atoms with E-state index in [0.29, 0.717) is 27.3 Å². The molecule has 2 N–H and O–H groups in total. The molecule has 0 radical (unpaired) electrons. The molecule has 5 nitrogen and oxygen atoms in total. The van der Waals surface area contributed by atoms with Crippen molar-refractivity contribution in [2.45, 2.75) is 13.0 Å². The zero-order chi connectivity index (χ0) is 20.3. The maximum atomic E-state index is 14.0. The first kappa shape index (κ1) is 20.2. The highest BCUT2D eigenvalue weighted by molar-refractivity contribution is 6.30. The van der Waals surface area contributed by atoms with Crippen LogP contribution in [0.15, 0.2) is 48.7 Å². The molecule has 3 aromatic rings. The second-order valence-corrected chi connectivity index (χ2v) is 6.92. The molecule has 0 spiro atoms. The van der Waals surface area contributed by atoms with Crippen molar-refractivity contribution in [1.82, 2.24) is 15.3 Å². The predicted molar refractivity (Wildman–Crippen MR) is 106 cm³/mol. The highest BCUT2D eigenvalue weighted by Gasteiger charge is 2.15. The summed E-state index contributed by atoms with van der Waals surface area (Å²) in [6.45, 7) is 1.76. The van der Waals surface area contributed by atoms with Crippen molar-refractivity contribution in [2.24, 2.45) is 0 Å². The Morgan fingerprint density at radius 1 is 1.25 bits per heavy atom. The van der Waals surface area contributed by atoms with Gasteiger partial charge in [-0.25, -0.2) is 14.4 Å². The van der Waals surface area contributed by atoms with E-state index in [-0.39, 0.29) is 23.4 Å². The fourth-order valence-corrected chi connectivity index (χ4v) is 3.06. The molecule has 1 aromatic heterocycles. The van der Waals surface area contributed by atoms with Crippen LogP contribution in [0.1, 0.15) is 27.6 Å². The minimum atomic E-state index is -0.889. The summed E-state index contributed by atoms with van der Waals surface area (Å²) in [6, 6.07) is 11.6. The summed E-state index contributed by atoms with van der Waals surface area (Å²) in [5.41, 5.74) is 2.21. The molecule has 0 aliphatic heterocycles. The molecule has 3 rings (SSSR count). The standard InChI is InChI=1S/C20H16Cl2FN3O2/c1-11-7-13(5-6-15(11)18-16(23)9-25-20(22)26-18)19(28)24-10-17(27)12-3-2-4-14(21)8-12/h2-9,17,27H,10H2,1H3,(H,24,28). The lowest BCUT2D eigenvalue weighted by atomic mass is 10.0. The highest BCUT2D eigenvalue weighted by Crippen LogP contribution is 2.26. The summed E-state index contributed by atoms with van der Waals surface area (Å²) in [5.74, 6) is -0.966. The fraction of sp³-hybridized carbons (Fsp3) is 0.150. The average Bonchev–Trinajstić information content (AvgIpc) is 2.67. The Bertz CT molecular complexity index is 1030. The van der Waals surface area contributed by atoms with Crippen LogP contribution >= 0.6 is 23.2 Å². The zero-order valence-electron chi connectivity index (χ0n) is 14.8. The number of halogens is 3. The minimum Gasteiger partial charge on any atom is -0.387 e. The summed E-state index contributed by atoms with van der Waals surface area (Å²) in [7, 11) is 0. The number of benzene rings is 2. The van der Waals surface area contributed by atoms with Crippen molar-refractivity contribution in [3.05, 3.63) is 81.5 Å². The lowest BCUT2D eigenvalue weighted by Crippen LogP contribution is -2.28. The summed E-state index contributed by atoms with van der Waals surface area (Å²) in [4.78, 5) is 19.9. The van der Waals surface area contributed by atoms with Gasteiger partial charge in [-0.15, -0.1) is 0 Å². The molecule has 28 heavy (non-hydrogen) atoms. The summed E-state index contributed by atoms with van der Waals surface area (Å²) in [5, 5.41) is 13.3. The molecular formula is C20H16Cl2FN3O2. The van der Waals surface area contributed by atoms with Crippen LogP contribution in [0, 0.1) is 12.7 Å². The topological polar surface area (TPSA) is 75.1 Å². The average molecular weight is 420 g/mol. The molecule has 0 saturated heterocycles. The molecule has 1 unspecified atom stereocenters. The fourth-order valence-electron chi connectivity index (χ4n) is 2.73. The van der Waals surface area contributed by atoms with E-state index in [4.69, 9.17) is 23.2 Å². The first-order valence-corrected chi connectivity index (χ1v) is 9.11. The molecule has 8 heteroatoms. The second-order valence-electron chi connectivity index (χ2n) is 6.15. The maximum Gasteiger partial charge on any atom is 0.251 e. The lowest BCUT2D eigenvalue weighted by molar-refractivity contribution is 0.0916. The third kappa shape index (κ3) is 4.65. The molecule has 1 amide bonds. The van der Waals surface area contributed by atoms with Gasteiger partial charge in [-0.3, -0.25) is 4.79 Å². The number of nitrogens with one attached hydrogen (secondary N) is 1. The number of rotatable bonds is 5. The van der Waals surface area contributed by atoms with Crippen molar-refractivity contribution >= 4 is 29.1 Å². The number of aliphatic hydroxyl groups excluding tert-OH is 1. The normalized spacial score (nSPS) is 11.9. The molecular weight excluding hydrogens is 404 g/mol. The van der Waals surface area contributed by atoms with Gasteiger partial charge in [0.1, 0.15) is 5.69 Å². The second kappa shape index (κ2) is 8.65. The third-order valence-corrected chi connectivity index (χ3v) is 4.57. The summed E-state index contributed by atoms with van der Waals surface area (Å²) in [6.07, 6.45) is 0.113. The molecule has 0 saturated carbocycles. The smallest absolute Gasteiger partial charge is 0.251 e. The van der Waals surface area contributed by atoms with Crippen molar-refractivity contribution in [2.75, 3.05) is 6.54 Å². The van der Waals surface area contributed by atoms with Crippen LogP contribution < -0.4 is 5.32 Å². The molecule has 144 valence electrons. The van der Waals surface area contributed by atoms with Gasteiger partial charge >= 0.3 is 0 Å². The number of hydrogen-bond donors (Lipinski definition) is 2. The van der Waals surface area contributed by atoms with E-state index < -0.39 is 11.9 Å². The van der Waals surface area contributed by atoms with Crippen molar-refractivity contribution < 1.29 is 14.3 Å². The monoisotopic (exact) mass is 419 g/mol. The van der Waals surface area contributed by atoms with Gasteiger partial charge in [0, 0.05) is 22.7 Å². The minimum absolute atomic E-state index is 0.0239. The van der Waals surface area contributed by atoms with Crippen LogP contribution in [0.4, 0.5) is 4.39 Å². The van der Waals surface area contributed by atoms with Gasteiger partial charge in [0.05, 0.1) is 12.3 Å². The maximum absolute atomic E-state index is 14.0. The van der Waals surface area contributed by atoms with E-state index in [2.05, 4.69) is 15.3 Å². The van der Waals surface area contributed by atoms with Crippen molar-refractivity contribution in [1.29, 1.82) is 0 Å². The van der Waals surface area contributed by atoms with Crippen molar-refractivity contribution in [3.63, 3.8) is 0 Å². The van der Waals surface area contributed by atoms with Gasteiger partial charge in [-0.05, 0) is 53.9 Å². The number of aromatic nitrogens is 2. The van der Waals surface area contributed by atoms with Gasteiger partial charge < -0.3 is 10.4 Å². The van der Waals surface area contributed by atoms with Crippen LogP contribution in [-0.2, 0) is 0 Å². The molecule has 0 bridgehead atoms. The number of hydrogen-bond acceptors (Lipinski definition) is 4. The van der Waals surface area contributed by atoms with Gasteiger partial charge in [0.2, 0.25) is 5.28 Å². The molecule has 1 heterocycles. The van der Waals surface area contributed by atoms with Gasteiger partial charge in [0.15, 0.2) is 5.82 Å². The van der Waals surface area contributed by atoms with Gasteiger partial charge in [0.25, 0.3) is 5.91 Å². The molecule has 1 atom stereocenters. The Morgan fingerprint density at radius 3 is 2.75 bits per heavy atom. The van der Waals surface area contributed by atoms with E-state index in [9.17, 15) is 14.3 Å². The number of carbonyl (C=O) groups excluding carboxylic acids is 1. The number of carbonyl (C=O) groups is 1. The zero-order valence-corrected chi connectivity index (χ0v) is 16.3. The molecule has 0 fully saturated rings. The number of aryl methyl sites for hydroxylation is 1. The van der Waals surface area contributed by atoms with Crippen LogP contribution in [0.25, 0.3) is 11.3 Å². The number of amides is 1. The van der Waals surface area contributed by atoms with Gasteiger partial charge in [-0.2, -0.15) is 0 Å². The first-order valence-electron chi connectivity index (χ1n) is 8.36. The number of nitrogens with zero attached hydrogens (tertiary/aromatic N) is 2. The van der Waals surface area contributed by atoms with E-state index in [1.165, 1.54) is 0 Å². The van der Waals surface area contributed by atoms with Crippen LogP contribution in [0.3, 0.4) is 0 Å². The molecule has 0 aliphatic carbocycles. The quantitative estimate of drug-likeness (QED) is 0.602. The Kier molecular flexibility index (Phi) is 6.24. The summed E-state index contributed by atoms with van der Waals surface area (Å²) >= 11 is 11.7. The Balaban J connectivity index is 1.73. The lowest BCUT2D eigenvalue weighted by Gasteiger charge is -2.13. The Hall–Kier alpha value is -2.54. The van der Waals surface area contributed by atoms with Crippen LogP contribution in [-0.4, -0.2) is 27.5 Å². The van der Waals surface area contributed by atoms with Gasteiger partial charge in [-0.1, -0.05) is 29.8 Å². The van der Waals surface area contributed by atoms with E-state index in [0.717, 1.165) is 6.20 Å². The van der Waals surface area contributed by atoms with E-state index in [1.54, 1.807) is 49.4 Å². The van der Waals surface area contributed by atoms with Crippen molar-refractivity contribution in [3.8, 4) is 11.3 Å². The van der Waals surface area contributed by atoms with E-state index in [1.807, 2.05) is 0 Å². The highest BCUT2D eigenvalue weighted by atomic mass is 35.5. The Morgan fingerprint density at radius 2 is 2.04 bits per heavy atom. The Labute approximate surface area is 171 Å². The van der Waals surface area contributed by atoms with E-state index >= 15 is 0 Å². The SMILES string of the molecule is Cc1cc(C(=O)NCC(O)c2cccc(Cl)c2)ccc1-c1nc(Cl)ncc1F. The third-order valence-electron chi connectivity index (χ3n) is 4.15. The van der Waals surface area contributed by atoms with Crippen LogP contribution in [0.2, 0.25) is 10.3 Å². The summed E-state index contributed by atoms with van der Waals surface area (Å²) < 4.78 is 14.0. The molecule has 2 aromatic carbocycles. The largest absolute Gasteiger partial charge is 0.387 e. The van der Waals surface area contributed by atoms with Crippen LogP contribution in [0.5, 0.6) is 0 Å². The first-order chi connectivity index (χ1) is 13.3. The molecule has 0 aliphatic rings.